The quantitative estimate of drug-likeness (QED) is 0.150. The van der Waals surface area contributed by atoms with Crippen molar-refractivity contribution in [3.8, 4) is 22.3 Å². The van der Waals surface area contributed by atoms with E-state index in [1.165, 1.54) is 132 Å². The van der Waals surface area contributed by atoms with E-state index in [0.29, 0.717) is 0 Å². The molecule has 9 aromatic rings. The van der Waals surface area contributed by atoms with E-state index in [2.05, 4.69) is 224 Å². The number of hydrogen-bond acceptors (Lipinski definition) is 2. The summed E-state index contributed by atoms with van der Waals surface area (Å²) in [5.74, 6) is 2.54. The smallest absolute Gasteiger partial charge is 0.0540 e. The van der Waals surface area contributed by atoms with Crippen molar-refractivity contribution in [2.75, 3.05) is 9.80 Å². The Bertz CT molecular complexity index is 3340. The summed E-state index contributed by atoms with van der Waals surface area (Å²) in [5, 5.41) is 2.51. The summed E-state index contributed by atoms with van der Waals surface area (Å²) in [6, 6.07) is 76.3. The second kappa shape index (κ2) is 16.6. The molecule has 2 nitrogen and oxygen atoms in total. The molecule has 332 valence electrons. The Kier molecular flexibility index (Phi) is 10.0. The van der Waals surface area contributed by atoms with Crippen LogP contribution in [0, 0.1) is 11.8 Å². The number of rotatable bonds is 8. The van der Waals surface area contributed by atoms with Crippen LogP contribution in [0.2, 0.25) is 0 Å². The lowest BCUT2D eigenvalue weighted by Crippen LogP contribution is -2.18. The van der Waals surface area contributed by atoms with Crippen LogP contribution in [0.3, 0.4) is 0 Å². The van der Waals surface area contributed by atoms with Gasteiger partial charge in [0.15, 0.2) is 0 Å². The lowest BCUT2D eigenvalue weighted by atomic mass is 9.81. The fourth-order valence-electron chi connectivity index (χ4n) is 12.9. The van der Waals surface area contributed by atoms with E-state index in [-0.39, 0.29) is 5.41 Å². The molecule has 0 heterocycles. The predicted molar refractivity (Wildman–Crippen MR) is 286 cm³/mol. The average Bonchev–Trinajstić information content (AvgIpc) is 4.09. The van der Waals surface area contributed by atoms with E-state index < -0.39 is 0 Å². The van der Waals surface area contributed by atoms with Gasteiger partial charge >= 0.3 is 0 Å². The topological polar surface area (TPSA) is 6.48 Å². The zero-order chi connectivity index (χ0) is 45.3. The van der Waals surface area contributed by atoms with Crippen LogP contribution in [0.1, 0.15) is 84.4 Å². The van der Waals surface area contributed by atoms with Gasteiger partial charge < -0.3 is 9.80 Å². The van der Waals surface area contributed by atoms with Gasteiger partial charge in [-0.1, -0.05) is 160 Å². The molecule has 0 radical (unpaired) electrons. The summed E-state index contributed by atoms with van der Waals surface area (Å²) in [4.78, 5) is 5.12. The lowest BCUT2D eigenvalue weighted by molar-refractivity contribution is 0.420. The molecular formula is C66H58N2. The zero-order valence-corrected chi connectivity index (χ0v) is 39.3. The molecule has 2 fully saturated rings. The molecule has 68 heavy (non-hydrogen) atoms. The maximum absolute atomic E-state index is 2.59. The summed E-state index contributed by atoms with van der Waals surface area (Å²) in [5.41, 5.74) is 22.2. The number of benzene rings is 9. The number of aryl methyl sites for hydroxylation is 4. The SMILES string of the molecule is CC1(C)c2cc(-c3ccccc3)ccc2-c2ccc(N(c3cc4ccc3CCc3ccc(c(N(c5ccccc5)c5ccc(C6CC7CCC6C7)cc5)c3)CC4)c3cccc4ccccc34)cc21. The van der Waals surface area contributed by atoms with Crippen molar-refractivity contribution < 1.29 is 0 Å². The van der Waals surface area contributed by atoms with E-state index in [1.54, 1.807) is 0 Å². The van der Waals surface area contributed by atoms with E-state index in [0.717, 1.165) is 43.4 Å². The molecular weight excluding hydrogens is 821 g/mol. The fraction of sp³-hybridized carbons (Fsp3) is 0.212. The Labute approximate surface area is 402 Å². The Morgan fingerprint density at radius 3 is 1.75 bits per heavy atom. The van der Waals surface area contributed by atoms with Crippen LogP contribution in [0.4, 0.5) is 34.1 Å². The van der Waals surface area contributed by atoms with Gasteiger partial charge in [0.1, 0.15) is 0 Å². The third-order valence-corrected chi connectivity index (χ3v) is 16.5. The normalized spacial score (nSPS) is 18.5. The lowest BCUT2D eigenvalue weighted by Gasteiger charge is -2.32. The van der Waals surface area contributed by atoms with Gasteiger partial charge in [-0.25, -0.2) is 0 Å². The first kappa shape index (κ1) is 41.1. The zero-order valence-electron chi connectivity index (χ0n) is 39.3. The molecule has 2 heteroatoms. The van der Waals surface area contributed by atoms with Gasteiger partial charge in [0.2, 0.25) is 0 Å². The van der Waals surface area contributed by atoms with Crippen molar-refractivity contribution in [1.29, 1.82) is 0 Å². The molecule has 3 unspecified atom stereocenters. The fourth-order valence-corrected chi connectivity index (χ4v) is 12.9. The molecule has 2 saturated carbocycles. The van der Waals surface area contributed by atoms with Crippen LogP contribution in [-0.4, -0.2) is 0 Å². The Morgan fingerprint density at radius 2 is 1.04 bits per heavy atom. The molecule has 6 bridgehead atoms. The van der Waals surface area contributed by atoms with Gasteiger partial charge in [-0.3, -0.25) is 0 Å². The van der Waals surface area contributed by atoms with Gasteiger partial charge in [-0.05, 0) is 190 Å². The van der Waals surface area contributed by atoms with Crippen molar-refractivity contribution in [2.24, 2.45) is 11.8 Å². The van der Waals surface area contributed by atoms with Crippen molar-refractivity contribution in [1.82, 2.24) is 0 Å². The van der Waals surface area contributed by atoms with Crippen LogP contribution >= 0.6 is 0 Å². The molecule has 0 aromatic heterocycles. The summed E-state index contributed by atoms with van der Waals surface area (Å²) in [6.45, 7) is 4.82. The van der Waals surface area contributed by atoms with Crippen molar-refractivity contribution in [3.05, 3.63) is 239 Å². The molecule has 0 amide bonds. The van der Waals surface area contributed by atoms with Crippen LogP contribution in [-0.2, 0) is 31.1 Å². The van der Waals surface area contributed by atoms with E-state index >= 15 is 0 Å². The highest BCUT2D eigenvalue weighted by molar-refractivity contribution is 6.00. The summed E-state index contributed by atoms with van der Waals surface area (Å²) >= 11 is 0. The van der Waals surface area contributed by atoms with Crippen molar-refractivity contribution in [2.45, 2.75) is 76.5 Å². The van der Waals surface area contributed by atoms with E-state index in [9.17, 15) is 0 Å². The number of nitrogens with zero attached hydrogens (tertiary/aromatic N) is 2. The minimum absolute atomic E-state index is 0.174. The van der Waals surface area contributed by atoms with E-state index in [1.807, 2.05) is 0 Å². The van der Waals surface area contributed by atoms with Gasteiger partial charge in [0.05, 0.1) is 5.69 Å². The largest absolute Gasteiger partial charge is 0.310 e. The summed E-state index contributed by atoms with van der Waals surface area (Å²) in [6.07, 6.45) is 9.38. The first-order chi connectivity index (χ1) is 33.4. The first-order valence-electron chi connectivity index (χ1n) is 25.2. The van der Waals surface area contributed by atoms with Crippen LogP contribution in [0.15, 0.2) is 200 Å². The molecule has 3 atom stereocenters. The highest BCUT2D eigenvalue weighted by Crippen LogP contribution is 2.54. The van der Waals surface area contributed by atoms with Gasteiger partial charge in [-0.2, -0.15) is 0 Å². The second-order valence-electron chi connectivity index (χ2n) is 20.8. The molecule has 16 rings (SSSR count). The second-order valence-corrected chi connectivity index (χ2v) is 20.8. The first-order valence-corrected chi connectivity index (χ1v) is 25.2. The Morgan fingerprint density at radius 1 is 0.426 bits per heavy atom. The number of anilines is 6. The van der Waals surface area contributed by atoms with Gasteiger partial charge in [0.25, 0.3) is 0 Å². The maximum Gasteiger partial charge on any atom is 0.0540 e. The van der Waals surface area contributed by atoms with Crippen LogP contribution in [0.5, 0.6) is 0 Å². The van der Waals surface area contributed by atoms with E-state index in [4.69, 9.17) is 0 Å². The number of para-hydroxylation sites is 1. The minimum atomic E-state index is -0.174. The number of fused-ring (bicyclic) bond motifs is 6. The molecule has 0 N–H and O–H groups in total. The standard InChI is InChI=1S/C66H58N2/c1-66(2)61-42-52(47-12-5-3-6-13-47)32-36-58(61)59-37-35-56(43-62(59)66)68(63-19-11-15-48-14-9-10-18-57(48)63)65-41-45-21-26-50-25-20-44(22-27-51(65)28-23-45)40-64(50)67(54-16-7-4-8-17-54)55-33-30-49(31-34-55)60-39-46-24-29-53(60)38-46/h3-20,23,25,28,30-37,40-43,46,53,60H,21-22,24,26-27,29,38-39H2,1-2H3. The maximum atomic E-state index is 2.59. The van der Waals surface area contributed by atoms with Crippen LogP contribution in [0.25, 0.3) is 33.0 Å². The highest BCUT2D eigenvalue weighted by atomic mass is 15.2. The molecule has 7 aliphatic rings. The molecule has 0 spiro atoms. The number of hydrogen-bond donors (Lipinski definition) is 0. The Hall–Kier alpha value is -7.16. The minimum Gasteiger partial charge on any atom is -0.310 e. The molecule has 7 aliphatic carbocycles. The Balaban J connectivity index is 0.891. The van der Waals surface area contributed by atoms with Crippen LogP contribution < -0.4 is 9.80 Å². The third-order valence-electron chi connectivity index (χ3n) is 16.5. The summed E-state index contributed by atoms with van der Waals surface area (Å²) in [7, 11) is 0. The molecule has 0 aliphatic heterocycles. The predicted octanol–water partition coefficient (Wildman–Crippen LogP) is 17.5. The molecule has 9 aromatic carbocycles. The van der Waals surface area contributed by atoms with Crippen molar-refractivity contribution in [3.63, 3.8) is 0 Å². The summed E-state index contributed by atoms with van der Waals surface area (Å²) < 4.78 is 0. The van der Waals surface area contributed by atoms with Gasteiger partial charge in [0, 0.05) is 39.2 Å². The van der Waals surface area contributed by atoms with Crippen molar-refractivity contribution >= 4 is 44.9 Å². The third kappa shape index (κ3) is 7.07. The van der Waals surface area contributed by atoms with Gasteiger partial charge in [-0.15, -0.1) is 0 Å². The monoisotopic (exact) mass is 878 g/mol. The molecule has 0 saturated heterocycles. The average molecular weight is 879 g/mol. The highest BCUT2D eigenvalue weighted by Gasteiger charge is 2.40.